The maximum Gasteiger partial charge on any atom is 0.294 e. The Kier molecular flexibility index (Phi) is 8.80. The Morgan fingerprint density at radius 2 is 1.57 bits per heavy atom. The second-order valence-electron chi connectivity index (χ2n) is 7.08. The van der Waals surface area contributed by atoms with Gasteiger partial charge in [-0.1, -0.05) is 64.0 Å². The third-order valence-electron chi connectivity index (χ3n) is 4.67. The molecule has 2 aromatic carbocycles. The van der Waals surface area contributed by atoms with E-state index >= 15 is 0 Å². The Labute approximate surface area is 168 Å². The zero-order valence-electron chi connectivity index (χ0n) is 16.4. The van der Waals surface area contributed by atoms with Crippen LogP contribution >= 0.6 is 0 Å². The molecule has 0 saturated heterocycles. The lowest BCUT2D eigenvalue weighted by atomic mass is 10.0. The highest BCUT2D eigenvalue weighted by Crippen LogP contribution is 2.33. The number of aryl methyl sites for hydroxylation is 1. The Morgan fingerprint density at radius 1 is 0.893 bits per heavy atom. The molecular weight excluding hydrogens is 376 g/mol. The molecule has 0 aromatic heterocycles. The minimum absolute atomic E-state index is 0.136. The topological polar surface area (TPSA) is 83.8 Å². The van der Waals surface area contributed by atoms with Gasteiger partial charge in [0.05, 0.1) is 4.90 Å². The molecule has 0 saturated carbocycles. The Bertz CT molecular complexity index is 846. The summed E-state index contributed by atoms with van der Waals surface area (Å²) in [6, 6.07) is 11.1. The molecule has 0 radical (unpaired) electrons. The smallest absolute Gasteiger partial charge is 0.294 e. The number of ether oxygens (including phenoxy) is 1. The highest BCUT2D eigenvalue weighted by atomic mass is 32.2. The van der Waals surface area contributed by atoms with Gasteiger partial charge in [-0.15, -0.1) is 0 Å². The van der Waals surface area contributed by atoms with Crippen LogP contribution in [0.4, 0.5) is 0 Å². The molecule has 154 valence electrons. The number of aromatic hydroxyl groups is 1. The number of phenols is 1. The zero-order chi connectivity index (χ0) is 20.4. The van der Waals surface area contributed by atoms with Gasteiger partial charge in [-0.05, 0) is 42.7 Å². The molecule has 2 aromatic rings. The van der Waals surface area contributed by atoms with Gasteiger partial charge in [-0.2, -0.15) is 8.42 Å². The fourth-order valence-corrected chi connectivity index (χ4v) is 3.60. The molecule has 0 aliphatic carbocycles. The Hall–Kier alpha value is -2.05. The van der Waals surface area contributed by atoms with E-state index in [1.54, 1.807) is 6.07 Å². The molecule has 0 aliphatic rings. The summed E-state index contributed by atoms with van der Waals surface area (Å²) in [7, 11) is -4.36. The van der Waals surface area contributed by atoms with Crippen LogP contribution in [0.1, 0.15) is 63.9 Å². The van der Waals surface area contributed by atoms with Crippen LogP contribution in [0.5, 0.6) is 17.2 Å². The SMILES string of the molecule is CCCCCCCCCCc1cccc(Oc2ccc(S(=O)(=O)O)cc2O)c1. The average molecular weight is 407 g/mol. The van der Waals surface area contributed by atoms with Crippen LogP contribution in [-0.2, 0) is 16.5 Å². The molecule has 2 rings (SSSR count). The molecule has 0 bridgehead atoms. The minimum Gasteiger partial charge on any atom is -0.504 e. The number of unbranched alkanes of at least 4 members (excludes halogenated alkanes) is 7. The van der Waals surface area contributed by atoms with E-state index in [0.717, 1.165) is 24.5 Å². The first-order chi connectivity index (χ1) is 13.4. The van der Waals surface area contributed by atoms with Gasteiger partial charge in [0.15, 0.2) is 11.5 Å². The predicted molar refractivity (Wildman–Crippen MR) is 111 cm³/mol. The first kappa shape index (κ1) is 22.2. The largest absolute Gasteiger partial charge is 0.504 e. The molecule has 28 heavy (non-hydrogen) atoms. The second-order valence-corrected chi connectivity index (χ2v) is 8.50. The lowest BCUT2D eigenvalue weighted by molar-refractivity contribution is 0.408. The maximum atomic E-state index is 11.1. The lowest BCUT2D eigenvalue weighted by Crippen LogP contribution is -1.98. The van der Waals surface area contributed by atoms with Crippen LogP contribution in [0.3, 0.4) is 0 Å². The van der Waals surface area contributed by atoms with Crippen LogP contribution < -0.4 is 4.74 Å². The number of rotatable bonds is 12. The molecule has 0 aliphatic heterocycles. The van der Waals surface area contributed by atoms with E-state index in [0.29, 0.717) is 5.75 Å². The van der Waals surface area contributed by atoms with Gasteiger partial charge in [0.2, 0.25) is 0 Å². The summed E-state index contributed by atoms with van der Waals surface area (Å²) >= 11 is 0. The van der Waals surface area contributed by atoms with Gasteiger partial charge in [0.1, 0.15) is 5.75 Å². The van der Waals surface area contributed by atoms with Crippen molar-refractivity contribution in [2.75, 3.05) is 0 Å². The molecule has 0 fully saturated rings. The van der Waals surface area contributed by atoms with Crippen molar-refractivity contribution >= 4 is 10.1 Å². The van der Waals surface area contributed by atoms with Gasteiger partial charge in [-0.25, -0.2) is 0 Å². The van der Waals surface area contributed by atoms with Crippen molar-refractivity contribution < 1.29 is 22.8 Å². The lowest BCUT2D eigenvalue weighted by Gasteiger charge is -2.10. The van der Waals surface area contributed by atoms with Crippen molar-refractivity contribution in [3.63, 3.8) is 0 Å². The normalized spacial score (nSPS) is 11.5. The van der Waals surface area contributed by atoms with Crippen LogP contribution in [-0.4, -0.2) is 18.1 Å². The average Bonchev–Trinajstić information content (AvgIpc) is 2.65. The monoisotopic (exact) mass is 406 g/mol. The molecule has 0 unspecified atom stereocenters. The minimum atomic E-state index is -4.36. The fourth-order valence-electron chi connectivity index (χ4n) is 3.10. The summed E-state index contributed by atoms with van der Waals surface area (Å²) in [5.41, 5.74) is 1.16. The van der Waals surface area contributed by atoms with Crippen molar-refractivity contribution in [3.05, 3.63) is 48.0 Å². The van der Waals surface area contributed by atoms with E-state index in [4.69, 9.17) is 9.29 Å². The van der Waals surface area contributed by atoms with Gasteiger partial charge in [-0.3, -0.25) is 4.55 Å². The molecule has 6 heteroatoms. The van der Waals surface area contributed by atoms with E-state index < -0.39 is 10.1 Å². The number of benzene rings is 2. The number of hydrogen-bond acceptors (Lipinski definition) is 4. The van der Waals surface area contributed by atoms with Gasteiger partial charge >= 0.3 is 0 Å². The van der Waals surface area contributed by atoms with Crippen LogP contribution in [0.25, 0.3) is 0 Å². The fraction of sp³-hybridized carbons (Fsp3) is 0.455. The first-order valence-electron chi connectivity index (χ1n) is 9.97. The van der Waals surface area contributed by atoms with Crippen LogP contribution in [0.2, 0.25) is 0 Å². The summed E-state index contributed by atoms with van der Waals surface area (Å²) in [5, 5.41) is 9.96. The van der Waals surface area contributed by atoms with E-state index in [-0.39, 0.29) is 16.4 Å². The predicted octanol–water partition coefficient (Wildman–Crippen LogP) is 6.11. The van der Waals surface area contributed by atoms with Crippen molar-refractivity contribution in [1.29, 1.82) is 0 Å². The van der Waals surface area contributed by atoms with E-state index in [1.165, 1.54) is 57.1 Å². The first-order valence-corrected chi connectivity index (χ1v) is 11.4. The van der Waals surface area contributed by atoms with Gasteiger partial charge in [0, 0.05) is 6.07 Å². The van der Waals surface area contributed by atoms with Crippen molar-refractivity contribution in [2.24, 2.45) is 0 Å². The van der Waals surface area contributed by atoms with Crippen molar-refractivity contribution in [1.82, 2.24) is 0 Å². The third-order valence-corrected chi connectivity index (χ3v) is 5.52. The van der Waals surface area contributed by atoms with Crippen molar-refractivity contribution in [3.8, 4) is 17.2 Å². The standard InChI is InChI=1S/C22H30O5S/c1-2-3-4-5-6-7-8-9-11-18-12-10-13-19(16-18)27-22-15-14-20(17-21(22)23)28(24,25)26/h10,12-17,23H,2-9,11H2,1H3,(H,24,25,26). The molecule has 2 N–H and O–H groups in total. The molecule has 0 atom stereocenters. The van der Waals surface area contributed by atoms with Gasteiger partial charge in [0.25, 0.3) is 10.1 Å². The second kappa shape index (κ2) is 11.1. The molecule has 0 spiro atoms. The zero-order valence-corrected chi connectivity index (χ0v) is 17.2. The number of phenolic OH excluding ortho intramolecular Hbond substituents is 1. The van der Waals surface area contributed by atoms with Gasteiger partial charge < -0.3 is 9.84 Å². The summed E-state index contributed by atoms with van der Waals surface area (Å²) in [6.45, 7) is 2.23. The quantitative estimate of drug-likeness (QED) is 0.328. The Balaban J connectivity index is 1.85. The molecule has 0 heterocycles. The van der Waals surface area contributed by atoms with E-state index in [9.17, 15) is 13.5 Å². The van der Waals surface area contributed by atoms with Crippen molar-refractivity contribution in [2.45, 2.75) is 69.6 Å². The summed E-state index contributed by atoms with van der Waals surface area (Å²) in [4.78, 5) is -0.374. The Morgan fingerprint density at radius 3 is 2.21 bits per heavy atom. The maximum absolute atomic E-state index is 11.1. The highest BCUT2D eigenvalue weighted by molar-refractivity contribution is 7.85. The van der Waals surface area contributed by atoms with E-state index in [2.05, 4.69) is 13.0 Å². The summed E-state index contributed by atoms with van der Waals surface area (Å²) in [6.07, 6.45) is 11.2. The third kappa shape index (κ3) is 7.52. The van der Waals surface area contributed by atoms with Crippen LogP contribution in [0, 0.1) is 0 Å². The summed E-state index contributed by atoms with van der Waals surface area (Å²) in [5.74, 6) is 0.368. The summed E-state index contributed by atoms with van der Waals surface area (Å²) < 4.78 is 36.9. The number of hydrogen-bond donors (Lipinski definition) is 2. The van der Waals surface area contributed by atoms with Crippen LogP contribution in [0.15, 0.2) is 47.4 Å². The molecule has 5 nitrogen and oxygen atoms in total. The molecular formula is C22H30O5S. The molecule has 0 amide bonds. The van der Waals surface area contributed by atoms with E-state index in [1.807, 2.05) is 12.1 Å². The highest BCUT2D eigenvalue weighted by Gasteiger charge is 2.13.